The standard InChI is InChI=1S/C27H45N5S/c1-19-17-32(18-20(2)29-19)27(31-25-6-4-5-7-26(25)33-3)30-24-14-10-22(11-15-24)16-21-8-12-23(28)13-9-21/h4-7,19-24,29H,8-18,28H2,1-3H3,(H,30,31). The SMILES string of the molecule is CSc1ccccc1NC(=NC1CCC(CC2CCC(N)CC2)CC1)N1CC(C)NC(C)C1. The Bertz CT molecular complexity index is 758. The summed E-state index contributed by atoms with van der Waals surface area (Å²) in [5, 5.41) is 7.42. The van der Waals surface area contributed by atoms with E-state index in [2.05, 4.69) is 59.9 Å². The second-order valence-electron chi connectivity index (χ2n) is 10.8. The van der Waals surface area contributed by atoms with Crippen LogP contribution in [-0.2, 0) is 0 Å². The molecule has 0 radical (unpaired) electrons. The maximum atomic E-state index is 6.12. The van der Waals surface area contributed by atoms with E-state index in [4.69, 9.17) is 10.7 Å². The van der Waals surface area contributed by atoms with E-state index in [1.165, 1.54) is 68.4 Å². The van der Waals surface area contributed by atoms with Crippen LogP contribution >= 0.6 is 11.8 Å². The van der Waals surface area contributed by atoms with Crippen LogP contribution in [0.5, 0.6) is 0 Å². The molecule has 2 saturated carbocycles. The fourth-order valence-corrected chi connectivity index (χ4v) is 6.69. The predicted molar refractivity (Wildman–Crippen MR) is 143 cm³/mol. The highest BCUT2D eigenvalue weighted by Gasteiger charge is 2.28. The first-order chi connectivity index (χ1) is 16.0. The smallest absolute Gasteiger partial charge is 0.198 e. The van der Waals surface area contributed by atoms with Gasteiger partial charge in [0.15, 0.2) is 5.96 Å². The molecular formula is C27H45N5S. The molecule has 1 aliphatic heterocycles. The van der Waals surface area contributed by atoms with Crippen molar-refractivity contribution in [2.45, 2.75) is 101 Å². The Kier molecular flexibility index (Phi) is 9.00. The molecule has 6 heteroatoms. The van der Waals surface area contributed by atoms with Crippen molar-refractivity contribution in [3.8, 4) is 0 Å². The van der Waals surface area contributed by atoms with Gasteiger partial charge in [0.1, 0.15) is 0 Å². The Morgan fingerprint density at radius 3 is 2.24 bits per heavy atom. The molecule has 1 saturated heterocycles. The lowest BCUT2D eigenvalue weighted by molar-refractivity contribution is 0.223. The van der Waals surface area contributed by atoms with Crippen LogP contribution in [0.4, 0.5) is 5.69 Å². The third kappa shape index (κ3) is 7.12. The number of rotatable bonds is 5. The molecule has 4 rings (SSSR count). The molecule has 2 unspecified atom stereocenters. The van der Waals surface area contributed by atoms with Gasteiger partial charge < -0.3 is 21.3 Å². The summed E-state index contributed by atoms with van der Waals surface area (Å²) in [5.74, 6) is 2.88. The predicted octanol–water partition coefficient (Wildman–Crippen LogP) is 5.33. The third-order valence-electron chi connectivity index (χ3n) is 7.89. The van der Waals surface area contributed by atoms with E-state index in [9.17, 15) is 0 Å². The van der Waals surface area contributed by atoms with Gasteiger partial charge in [-0.15, -0.1) is 11.8 Å². The van der Waals surface area contributed by atoms with Crippen molar-refractivity contribution in [1.29, 1.82) is 0 Å². The molecule has 2 atom stereocenters. The molecule has 0 amide bonds. The maximum Gasteiger partial charge on any atom is 0.198 e. The molecule has 33 heavy (non-hydrogen) atoms. The quantitative estimate of drug-likeness (QED) is 0.308. The van der Waals surface area contributed by atoms with E-state index in [0.29, 0.717) is 24.2 Å². The van der Waals surface area contributed by atoms with Crippen molar-refractivity contribution < 1.29 is 0 Å². The summed E-state index contributed by atoms with van der Waals surface area (Å²) >= 11 is 1.79. The average Bonchev–Trinajstić information content (AvgIpc) is 2.81. The second kappa shape index (κ2) is 11.9. The van der Waals surface area contributed by atoms with E-state index < -0.39 is 0 Å². The Morgan fingerprint density at radius 1 is 1.00 bits per heavy atom. The molecule has 5 nitrogen and oxygen atoms in total. The van der Waals surface area contributed by atoms with Gasteiger partial charge in [0.2, 0.25) is 0 Å². The average molecular weight is 472 g/mol. The number of benzene rings is 1. The van der Waals surface area contributed by atoms with E-state index in [0.717, 1.165) is 30.9 Å². The number of hydrogen-bond donors (Lipinski definition) is 3. The summed E-state index contributed by atoms with van der Waals surface area (Å²) in [4.78, 5) is 9.12. The topological polar surface area (TPSA) is 65.7 Å². The largest absolute Gasteiger partial charge is 0.340 e. The number of nitrogens with two attached hydrogens (primary N) is 1. The van der Waals surface area contributed by atoms with E-state index in [1.54, 1.807) is 11.8 Å². The maximum absolute atomic E-state index is 6.12. The van der Waals surface area contributed by atoms with Gasteiger partial charge in [-0.1, -0.05) is 12.1 Å². The number of aliphatic imine (C=N–C) groups is 1. The molecule has 4 N–H and O–H groups in total. The minimum Gasteiger partial charge on any atom is -0.340 e. The Balaban J connectivity index is 1.41. The first kappa shape index (κ1) is 24.9. The van der Waals surface area contributed by atoms with E-state index in [1.807, 2.05) is 0 Å². The first-order valence-electron chi connectivity index (χ1n) is 13.2. The van der Waals surface area contributed by atoms with Crippen LogP contribution < -0.4 is 16.4 Å². The molecule has 0 bridgehead atoms. The summed E-state index contributed by atoms with van der Waals surface area (Å²) in [6.07, 6.45) is 13.8. The lowest BCUT2D eigenvalue weighted by atomic mass is 9.76. The number of thioether (sulfide) groups is 1. The van der Waals surface area contributed by atoms with Crippen LogP contribution in [0.1, 0.15) is 71.6 Å². The van der Waals surface area contributed by atoms with E-state index in [-0.39, 0.29) is 0 Å². The molecule has 2 aliphatic carbocycles. The Morgan fingerprint density at radius 2 is 1.61 bits per heavy atom. The number of piperazine rings is 1. The monoisotopic (exact) mass is 471 g/mol. The molecule has 0 spiro atoms. The van der Waals surface area contributed by atoms with Crippen molar-refractivity contribution in [2.75, 3.05) is 24.7 Å². The summed E-state index contributed by atoms with van der Waals surface area (Å²) in [6.45, 7) is 6.55. The summed E-state index contributed by atoms with van der Waals surface area (Å²) in [7, 11) is 0. The van der Waals surface area contributed by atoms with Gasteiger partial charge >= 0.3 is 0 Å². The number of para-hydroxylation sites is 1. The highest BCUT2D eigenvalue weighted by Crippen LogP contribution is 2.36. The zero-order valence-electron chi connectivity index (χ0n) is 20.9. The molecule has 3 aliphatic rings. The highest BCUT2D eigenvalue weighted by molar-refractivity contribution is 7.98. The van der Waals surface area contributed by atoms with Gasteiger partial charge in [0, 0.05) is 36.1 Å². The van der Waals surface area contributed by atoms with Gasteiger partial charge in [-0.3, -0.25) is 0 Å². The summed E-state index contributed by atoms with van der Waals surface area (Å²) in [6, 6.07) is 10.4. The molecule has 1 aromatic carbocycles. The van der Waals surface area contributed by atoms with Crippen molar-refractivity contribution in [1.82, 2.24) is 10.2 Å². The minimum atomic E-state index is 0.436. The van der Waals surface area contributed by atoms with Gasteiger partial charge in [-0.25, -0.2) is 4.99 Å². The minimum absolute atomic E-state index is 0.436. The van der Waals surface area contributed by atoms with E-state index >= 15 is 0 Å². The normalized spacial score (nSPS) is 33.7. The second-order valence-corrected chi connectivity index (χ2v) is 11.7. The van der Waals surface area contributed by atoms with Crippen LogP contribution in [0.3, 0.4) is 0 Å². The van der Waals surface area contributed by atoms with Crippen LogP contribution in [-0.4, -0.2) is 54.4 Å². The fourth-order valence-electron chi connectivity index (χ4n) is 6.14. The third-order valence-corrected chi connectivity index (χ3v) is 8.69. The Hall–Kier alpha value is -1.24. The zero-order valence-corrected chi connectivity index (χ0v) is 21.7. The summed E-state index contributed by atoms with van der Waals surface area (Å²) < 4.78 is 0. The Labute approximate surface area is 205 Å². The molecule has 1 aromatic rings. The molecule has 1 heterocycles. The number of anilines is 1. The van der Waals surface area contributed by atoms with Gasteiger partial charge in [-0.2, -0.15) is 0 Å². The van der Waals surface area contributed by atoms with Crippen LogP contribution in [0.15, 0.2) is 34.2 Å². The lowest BCUT2D eigenvalue weighted by Crippen LogP contribution is -2.57. The summed E-state index contributed by atoms with van der Waals surface area (Å²) in [5.41, 5.74) is 7.29. The van der Waals surface area contributed by atoms with Gasteiger partial charge in [0.05, 0.1) is 11.7 Å². The molecule has 3 fully saturated rings. The van der Waals surface area contributed by atoms with Gasteiger partial charge in [-0.05, 0) is 102 Å². The van der Waals surface area contributed by atoms with Crippen molar-refractivity contribution in [3.05, 3.63) is 24.3 Å². The van der Waals surface area contributed by atoms with Crippen LogP contribution in [0.25, 0.3) is 0 Å². The fraction of sp³-hybridized carbons (Fsp3) is 0.741. The zero-order chi connectivity index (χ0) is 23.2. The van der Waals surface area contributed by atoms with Crippen LogP contribution in [0, 0.1) is 11.8 Å². The van der Waals surface area contributed by atoms with Crippen molar-refractivity contribution in [3.63, 3.8) is 0 Å². The van der Waals surface area contributed by atoms with Crippen molar-refractivity contribution in [2.24, 2.45) is 22.6 Å². The lowest BCUT2D eigenvalue weighted by Gasteiger charge is -2.39. The number of nitrogens with one attached hydrogen (secondary N) is 2. The van der Waals surface area contributed by atoms with Gasteiger partial charge in [0.25, 0.3) is 0 Å². The first-order valence-corrected chi connectivity index (χ1v) is 14.5. The van der Waals surface area contributed by atoms with Crippen molar-refractivity contribution >= 4 is 23.4 Å². The molecular weight excluding hydrogens is 426 g/mol. The highest BCUT2D eigenvalue weighted by atomic mass is 32.2. The molecule has 0 aromatic heterocycles. The number of hydrogen-bond acceptors (Lipinski definition) is 4. The number of nitrogens with zero attached hydrogens (tertiary/aromatic N) is 2. The number of guanidine groups is 1. The molecule has 184 valence electrons. The van der Waals surface area contributed by atoms with Crippen LogP contribution in [0.2, 0.25) is 0 Å².